The number of hydrogen-bond donors (Lipinski definition) is 1. The predicted octanol–water partition coefficient (Wildman–Crippen LogP) is 2.89. The first kappa shape index (κ1) is 18.3. The highest BCUT2D eigenvalue weighted by Gasteiger charge is 2.25. The van der Waals surface area contributed by atoms with Crippen LogP contribution in [0, 0.1) is 0 Å². The van der Waals surface area contributed by atoms with Crippen LogP contribution in [0.4, 0.5) is 0 Å². The molecule has 0 atom stereocenters. The number of nitrogens with one attached hydrogen (secondary N) is 1. The third-order valence-corrected chi connectivity index (χ3v) is 5.38. The lowest BCUT2D eigenvalue weighted by molar-refractivity contribution is -0.134. The van der Waals surface area contributed by atoms with E-state index in [1.54, 1.807) is 11.8 Å². The van der Waals surface area contributed by atoms with E-state index in [1.807, 2.05) is 18.2 Å². The first-order chi connectivity index (χ1) is 12.2. The second-order valence-corrected chi connectivity index (χ2v) is 7.47. The number of carbonyl (C=O) groups is 1. The van der Waals surface area contributed by atoms with Gasteiger partial charge >= 0.3 is 0 Å². The van der Waals surface area contributed by atoms with E-state index in [4.69, 9.17) is 4.98 Å². The first-order valence-corrected chi connectivity index (χ1v) is 10.6. The molecule has 5 nitrogen and oxygen atoms in total. The van der Waals surface area contributed by atoms with Gasteiger partial charge in [-0.05, 0) is 50.7 Å². The number of benzene rings is 1. The molecule has 1 aromatic heterocycles. The number of nitrogens with zero attached hydrogens (tertiary/aromatic N) is 3. The van der Waals surface area contributed by atoms with Gasteiger partial charge in [-0.2, -0.15) is 11.8 Å². The summed E-state index contributed by atoms with van der Waals surface area (Å²) in [6.45, 7) is 5.38. The Kier molecular flexibility index (Phi) is 6.37. The van der Waals surface area contributed by atoms with Crippen LogP contribution in [0.25, 0.3) is 11.0 Å². The van der Waals surface area contributed by atoms with Gasteiger partial charge in [0.1, 0.15) is 12.4 Å². The molecule has 3 rings (SSSR count). The zero-order chi connectivity index (χ0) is 17.6. The van der Waals surface area contributed by atoms with Gasteiger partial charge in [0, 0.05) is 12.6 Å². The second-order valence-electron chi connectivity index (χ2n) is 6.60. The largest absolute Gasteiger partial charge is 0.338 e. The van der Waals surface area contributed by atoms with Gasteiger partial charge in [-0.25, -0.2) is 4.98 Å². The molecule has 0 radical (unpaired) electrons. The Morgan fingerprint density at radius 1 is 1.36 bits per heavy atom. The van der Waals surface area contributed by atoms with E-state index < -0.39 is 0 Å². The topological polar surface area (TPSA) is 50.2 Å². The Morgan fingerprint density at radius 3 is 2.84 bits per heavy atom. The van der Waals surface area contributed by atoms with Gasteiger partial charge in [0.2, 0.25) is 5.91 Å². The zero-order valence-electron chi connectivity index (χ0n) is 15.2. The van der Waals surface area contributed by atoms with Crippen LogP contribution in [-0.2, 0) is 17.1 Å². The summed E-state index contributed by atoms with van der Waals surface area (Å²) < 4.78 is 2.11. The van der Waals surface area contributed by atoms with Crippen molar-refractivity contribution in [3.8, 4) is 0 Å². The van der Waals surface area contributed by atoms with Gasteiger partial charge < -0.3 is 14.8 Å². The van der Waals surface area contributed by atoms with Crippen molar-refractivity contribution in [3.05, 3.63) is 30.1 Å². The SMILES string of the molecule is CCCN(C(=O)Cn1c(CSC)nc2ccccc21)C1CCNCC1. The minimum Gasteiger partial charge on any atom is -0.338 e. The minimum absolute atomic E-state index is 0.222. The van der Waals surface area contributed by atoms with Crippen molar-refractivity contribution in [2.75, 3.05) is 25.9 Å². The Bertz CT molecular complexity index is 709. The summed E-state index contributed by atoms with van der Waals surface area (Å²) in [5, 5.41) is 3.39. The lowest BCUT2D eigenvalue weighted by atomic mass is 10.0. The molecule has 1 N–H and O–H groups in total. The average Bonchev–Trinajstić information content (AvgIpc) is 2.98. The summed E-state index contributed by atoms with van der Waals surface area (Å²) >= 11 is 1.74. The molecule has 0 spiro atoms. The second kappa shape index (κ2) is 8.72. The van der Waals surface area contributed by atoms with E-state index >= 15 is 0 Å². The van der Waals surface area contributed by atoms with E-state index in [1.165, 1.54) is 0 Å². The third kappa shape index (κ3) is 4.18. The molecule has 0 bridgehead atoms. The van der Waals surface area contributed by atoms with Crippen molar-refractivity contribution in [3.63, 3.8) is 0 Å². The van der Waals surface area contributed by atoms with Crippen molar-refractivity contribution < 1.29 is 4.79 Å². The number of imidazole rings is 1. The maximum absolute atomic E-state index is 13.2. The Balaban J connectivity index is 1.85. The number of para-hydroxylation sites is 2. The van der Waals surface area contributed by atoms with Gasteiger partial charge in [-0.3, -0.25) is 4.79 Å². The molecule has 2 heterocycles. The molecule has 25 heavy (non-hydrogen) atoms. The molecule has 1 saturated heterocycles. The highest BCUT2D eigenvalue weighted by Crippen LogP contribution is 2.20. The van der Waals surface area contributed by atoms with Crippen molar-refractivity contribution in [2.24, 2.45) is 0 Å². The fraction of sp³-hybridized carbons (Fsp3) is 0.579. The molecule has 0 saturated carbocycles. The van der Waals surface area contributed by atoms with E-state index in [2.05, 4.69) is 34.0 Å². The molecule has 1 aromatic carbocycles. The van der Waals surface area contributed by atoms with Crippen LogP contribution in [0.1, 0.15) is 32.0 Å². The molecular formula is C19H28N4OS. The van der Waals surface area contributed by atoms with Crippen LogP contribution in [0.15, 0.2) is 24.3 Å². The van der Waals surface area contributed by atoms with Gasteiger partial charge in [0.25, 0.3) is 0 Å². The molecule has 1 amide bonds. The van der Waals surface area contributed by atoms with E-state index in [0.717, 1.165) is 61.5 Å². The van der Waals surface area contributed by atoms with Crippen LogP contribution in [0.5, 0.6) is 0 Å². The normalized spacial score (nSPS) is 15.6. The molecule has 0 aliphatic carbocycles. The summed E-state index contributed by atoms with van der Waals surface area (Å²) in [7, 11) is 0. The lowest BCUT2D eigenvalue weighted by Crippen LogP contribution is -2.47. The van der Waals surface area contributed by atoms with Gasteiger partial charge in [0.05, 0.1) is 16.8 Å². The number of aromatic nitrogens is 2. The van der Waals surface area contributed by atoms with Crippen molar-refractivity contribution in [1.29, 1.82) is 0 Å². The smallest absolute Gasteiger partial charge is 0.242 e. The minimum atomic E-state index is 0.222. The predicted molar refractivity (Wildman–Crippen MR) is 105 cm³/mol. The van der Waals surface area contributed by atoms with Crippen molar-refractivity contribution >= 4 is 28.7 Å². The van der Waals surface area contributed by atoms with E-state index in [9.17, 15) is 4.79 Å². The van der Waals surface area contributed by atoms with Crippen LogP contribution < -0.4 is 5.32 Å². The molecule has 6 heteroatoms. The van der Waals surface area contributed by atoms with E-state index in [0.29, 0.717) is 12.6 Å². The Morgan fingerprint density at radius 2 is 2.12 bits per heavy atom. The number of rotatable bonds is 7. The zero-order valence-corrected chi connectivity index (χ0v) is 16.0. The standard InChI is InChI=1S/C19H28N4OS/c1-3-12-22(15-8-10-20-11-9-15)19(24)13-23-17-7-5-4-6-16(17)21-18(23)14-25-2/h4-7,15,20H,3,8-14H2,1-2H3. The third-order valence-electron chi connectivity index (χ3n) is 4.83. The van der Waals surface area contributed by atoms with Crippen LogP contribution in [0.2, 0.25) is 0 Å². The van der Waals surface area contributed by atoms with Crippen LogP contribution in [-0.4, -0.2) is 52.3 Å². The number of thioether (sulfide) groups is 1. The van der Waals surface area contributed by atoms with Gasteiger partial charge in [-0.1, -0.05) is 19.1 Å². The highest BCUT2D eigenvalue weighted by atomic mass is 32.2. The van der Waals surface area contributed by atoms with Crippen LogP contribution >= 0.6 is 11.8 Å². The number of carbonyl (C=O) groups excluding carboxylic acids is 1. The van der Waals surface area contributed by atoms with Gasteiger partial charge in [-0.15, -0.1) is 0 Å². The van der Waals surface area contributed by atoms with Crippen LogP contribution in [0.3, 0.4) is 0 Å². The number of piperidine rings is 1. The molecule has 0 unspecified atom stereocenters. The quantitative estimate of drug-likeness (QED) is 0.825. The van der Waals surface area contributed by atoms with Gasteiger partial charge in [0.15, 0.2) is 0 Å². The molecular weight excluding hydrogens is 332 g/mol. The lowest BCUT2D eigenvalue weighted by Gasteiger charge is -2.35. The average molecular weight is 361 g/mol. The van der Waals surface area contributed by atoms with E-state index in [-0.39, 0.29) is 5.91 Å². The fourth-order valence-electron chi connectivity index (χ4n) is 3.64. The summed E-state index contributed by atoms with van der Waals surface area (Å²) in [5.74, 6) is 2.03. The maximum atomic E-state index is 13.2. The monoisotopic (exact) mass is 360 g/mol. The highest BCUT2D eigenvalue weighted by molar-refractivity contribution is 7.97. The maximum Gasteiger partial charge on any atom is 0.242 e. The molecule has 2 aromatic rings. The first-order valence-electron chi connectivity index (χ1n) is 9.17. The molecule has 1 fully saturated rings. The van der Waals surface area contributed by atoms with Crippen molar-refractivity contribution in [2.45, 2.75) is 44.5 Å². The number of hydrogen-bond acceptors (Lipinski definition) is 4. The number of amides is 1. The summed E-state index contributed by atoms with van der Waals surface area (Å²) in [5.41, 5.74) is 2.03. The summed E-state index contributed by atoms with van der Waals surface area (Å²) in [4.78, 5) is 20.0. The Labute approximate surface area is 154 Å². The molecule has 1 aliphatic rings. The molecule has 136 valence electrons. The Hall–Kier alpha value is -1.53. The summed E-state index contributed by atoms with van der Waals surface area (Å²) in [6, 6.07) is 8.48. The van der Waals surface area contributed by atoms with Crippen molar-refractivity contribution in [1.82, 2.24) is 19.8 Å². The summed E-state index contributed by atoms with van der Waals surface area (Å²) in [6.07, 6.45) is 5.17. The number of fused-ring (bicyclic) bond motifs is 1. The molecule has 1 aliphatic heterocycles. The fourth-order valence-corrected chi connectivity index (χ4v) is 4.12.